The summed E-state index contributed by atoms with van der Waals surface area (Å²) in [5, 5.41) is 11.9. The van der Waals surface area contributed by atoms with Crippen molar-refractivity contribution < 1.29 is 17.6 Å². The second kappa shape index (κ2) is 8.85. The van der Waals surface area contributed by atoms with Crippen LogP contribution in [-0.4, -0.2) is 30.4 Å². The summed E-state index contributed by atoms with van der Waals surface area (Å²) >= 11 is 5.84. The van der Waals surface area contributed by atoms with E-state index in [0.717, 1.165) is 23.9 Å². The predicted molar refractivity (Wildman–Crippen MR) is 125 cm³/mol. The van der Waals surface area contributed by atoms with Crippen LogP contribution < -0.4 is 10.7 Å². The summed E-state index contributed by atoms with van der Waals surface area (Å²) in [5.74, 6) is -1.73. The number of nitriles is 1. The molecular formula is C23H16ClFN4O4S. The van der Waals surface area contributed by atoms with E-state index in [1.54, 1.807) is 30.3 Å². The number of pyridine rings is 1. The van der Waals surface area contributed by atoms with Crippen molar-refractivity contribution in [1.29, 1.82) is 5.26 Å². The third-order valence-corrected chi connectivity index (χ3v) is 7.79. The highest BCUT2D eigenvalue weighted by atomic mass is 35.5. The Kier molecular flexibility index (Phi) is 6.08. The number of hydrogen-bond donors (Lipinski definition) is 2. The minimum absolute atomic E-state index is 0.108. The molecule has 1 aromatic heterocycles. The van der Waals surface area contributed by atoms with Crippen LogP contribution in [0.1, 0.15) is 22.3 Å². The number of hydrogen-bond acceptors (Lipinski definition) is 6. The molecule has 2 N–H and O–H groups in total. The van der Waals surface area contributed by atoms with Crippen molar-refractivity contribution in [2.24, 2.45) is 4.99 Å². The van der Waals surface area contributed by atoms with Gasteiger partial charge in [0.1, 0.15) is 11.4 Å². The number of carbonyl (C=O) groups is 1. The number of aliphatic imine (C=N–C) groups is 1. The minimum Gasteiger partial charge on any atom is -0.358 e. The Morgan fingerprint density at radius 2 is 2.00 bits per heavy atom. The maximum absolute atomic E-state index is 14.8. The topological polar surface area (TPSA) is 132 Å². The lowest BCUT2D eigenvalue weighted by molar-refractivity contribution is 0.0949. The SMILES string of the molecule is N#CCC1(S(=O)(=O)c2cc(F)c3[nH]cc(C(=O)NCc4ccc(Cl)cc4)c(=O)c3c2)C=CC=N1. The van der Waals surface area contributed by atoms with E-state index in [-0.39, 0.29) is 23.0 Å². The molecule has 8 nitrogen and oxygen atoms in total. The number of nitrogens with zero attached hydrogens (tertiary/aromatic N) is 2. The van der Waals surface area contributed by atoms with Crippen molar-refractivity contribution in [1.82, 2.24) is 10.3 Å². The molecule has 1 atom stereocenters. The van der Waals surface area contributed by atoms with Crippen molar-refractivity contribution in [2.45, 2.75) is 22.7 Å². The van der Waals surface area contributed by atoms with Crippen LogP contribution in [0.3, 0.4) is 0 Å². The van der Waals surface area contributed by atoms with Gasteiger partial charge in [0.15, 0.2) is 4.87 Å². The highest BCUT2D eigenvalue weighted by molar-refractivity contribution is 7.93. The molecule has 11 heteroatoms. The lowest BCUT2D eigenvalue weighted by atomic mass is 10.1. The molecule has 0 bridgehead atoms. The highest BCUT2D eigenvalue weighted by Crippen LogP contribution is 2.35. The largest absolute Gasteiger partial charge is 0.358 e. The molecule has 0 spiro atoms. The average molecular weight is 499 g/mol. The third kappa shape index (κ3) is 4.00. The van der Waals surface area contributed by atoms with Crippen molar-refractivity contribution in [3.05, 3.63) is 86.9 Å². The van der Waals surface area contributed by atoms with E-state index < -0.39 is 43.2 Å². The number of carbonyl (C=O) groups excluding carboxylic acids is 1. The Morgan fingerprint density at radius 1 is 1.26 bits per heavy atom. The Balaban J connectivity index is 1.74. The first-order valence-electron chi connectivity index (χ1n) is 9.91. The zero-order valence-corrected chi connectivity index (χ0v) is 19.0. The van der Waals surface area contributed by atoms with Crippen LogP contribution in [0.2, 0.25) is 5.02 Å². The lowest BCUT2D eigenvalue weighted by Gasteiger charge is -2.21. The maximum atomic E-state index is 14.8. The number of allylic oxidation sites excluding steroid dienone is 1. The first-order valence-corrected chi connectivity index (χ1v) is 11.8. The summed E-state index contributed by atoms with van der Waals surface area (Å²) < 4.78 is 41.4. The molecule has 2 aromatic carbocycles. The van der Waals surface area contributed by atoms with E-state index >= 15 is 0 Å². The van der Waals surface area contributed by atoms with Gasteiger partial charge >= 0.3 is 0 Å². The van der Waals surface area contributed by atoms with Crippen molar-refractivity contribution in [3.8, 4) is 6.07 Å². The molecule has 2 heterocycles. The average Bonchev–Trinajstić information content (AvgIpc) is 3.30. The summed E-state index contributed by atoms with van der Waals surface area (Å²) in [6.07, 6.45) is 4.43. The molecule has 0 aliphatic carbocycles. The number of halogens is 2. The van der Waals surface area contributed by atoms with Gasteiger partial charge in [-0.2, -0.15) is 5.26 Å². The fourth-order valence-electron chi connectivity index (χ4n) is 3.55. The molecule has 1 aliphatic rings. The molecular weight excluding hydrogens is 483 g/mol. The number of amides is 1. The monoisotopic (exact) mass is 498 g/mol. The van der Waals surface area contributed by atoms with Crippen LogP contribution in [0.5, 0.6) is 0 Å². The number of H-pyrrole nitrogens is 1. The van der Waals surface area contributed by atoms with Gasteiger partial charge in [-0.3, -0.25) is 14.6 Å². The standard InChI is InChI=1S/C23H16ClFN4O4S/c24-15-4-2-14(3-5-15)12-28-22(31)18-13-27-20-17(21(18)30)10-16(11-19(20)25)34(32,33)23(7-8-26)6-1-9-29-23/h1-6,9-11,13H,7,12H2,(H,27,30)(H,28,31). The van der Waals surface area contributed by atoms with Crippen molar-refractivity contribution in [3.63, 3.8) is 0 Å². The molecule has 34 heavy (non-hydrogen) atoms. The van der Waals surface area contributed by atoms with Gasteiger partial charge in [-0.15, -0.1) is 0 Å². The van der Waals surface area contributed by atoms with Gasteiger partial charge in [-0.25, -0.2) is 12.8 Å². The predicted octanol–water partition coefficient (Wildman–Crippen LogP) is 3.27. The number of fused-ring (bicyclic) bond motifs is 1. The highest BCUT2D eigenvalue weighted by Gasteiger charge is 2.44. The molecule has 4 rings (SSSR count). The Morgan fingerprint density at radius 3 is 2.65 bits per heavy atom. The van der Waals surface area contributed by atoms with Crippen LogP contribution in [0.4, 0.5) is 4.39 Å². The second-order valence-corrected chi connectivity index (χ2v) is 10.1. The molecule has 1 amide bonds. The van der Waals surface area contributed by atoms with Crippen LogP contribution >= 0.6 is 11.6 Å². The molecule has 1 aliphatic heterocycles. The fourth-order valence-corrected chi connectivity index (χ4v) is 5.33. The molecule has 0 saturated carbocycles. The van der Waals surface area contributed by atoms with Gasteiger partial charge in [0.25, 0.3) is 5.91 Å². The van der Waals surface area contributed by atoms with E-state index in [0.29, 0.717) is 5.02 Å². The zero-order chi connectivity index (χ0) is 24.5. The van der Waals surface area contributed by atoms with E-state index in [9.17, 15) is 22.4 Å². The molecule has 0 radical (unpaired) electrons. The summed E-state index contributed by atoms with van der Waals surface area (Å²) in [5.41, 5.74) is -0.681. The van der Waals surface area contributed by atoms with Gasteiger partial charge in [-0.1, -0.05) is 23.7 Å². The van der Waals surface area contributed by atoms with E-state index in [1.165, 1.54) is 18.4 Å². The van der Waals surface area contributed by atoms with Crippen LogP contribution in [0, 0.1) is 17.1 Å². The molecule has 172 valence electrons. The van der Waals surface area contributed by atoms with Crippen LogP contribution in [0.15, 0.2) is 69.4 Å². The summed E-state index contributed by atoms with van der Waals surface area (Å²) in [6, 6.07) is 10.2. The van der Waals surface area contributed by atoms with Gasteiger partial charge in [0.05, 0.1) is 28.3 Å². The number of aromatic nitrogens is 1. The zero-order valence-electron chi connectivity index (χ0n) is 17.4. The summed E-state index contributed by atoms with van der Waals surface area (Å²) in [7, 11) is -4.39. The van der Waals surface area contributed by atoms with E-state index in [4.69, 9.17) is 16.9 Å². The number of aromatic amines is 1. The fraction of sp³-hybridized carbons (Fsp3) is 0.130. The van der Waals surface area contributed by atoms with Gasteiger partial charge < -0.3 is 10.3 Å². The minimum atomic E-state index is -4.39. The Hall–Kier alpha value is -3.81. The van der Waals surface area contributed by atoms with Crippen molar-refractivity contribution >= 4 is 44.5 Å². The molecule has 1 unspecified atom stereocenters. The number of nitrogens with one attached hydrogen (secondary N) is 2. The van der Waals surface area contributed by atoms with E-state index in [2.05, 4.69) is 15.3 Å². The maximum Gasteiger partial charge on any atom is 0.257 e. The normalized spacial score (nSPS) is 17.1. The van der Waals surface area contributed by atoms with Gasteiger partial charge in [0, 0.05) is 24.0 Å². The van der Waals surface area contributed by atoms with Crippen molar-refractivity contribution in [2.75, 3.05) is 0 Å². The second-order valence-electron chi connectivity index (χ2n) is 7.49. The first kappa shape index (κ1) is 23.4. The number of benzene rings is 2. The lowest BCUT2D eigenvalue weighted by Crippen LogP contribution is -2.33. The molecule has 3 aromatic rings. The quantitative estimate of drug-likeness (QED) is 0.538. The smallest absolute Gasteiger partial charge is 0.257 e. The van der Waals surface area contributed by atoms with Gasteiger partial charge in [0.2, 0.25) is 15.3 Å². The van der Waals surface area contributed by atoms with Crippen LogP contribution in [0.25, 0.3) is 10.9 Å². The Labute approximate surface area is 198 Å². The summed E-state index contributed by atoms with van der Waals surface area (Å²) in [4.78, 5) is 29.7. The third-order valence-electron chi connectivity index (χ3n) is 5.37. The van der Waals surface area contributed by atoms with Crippen LogP contribution in [-0.2, 0) is 16.4 Å². The number of sulfone groups is 1. The molecule has 0 saturated heterocycles. The first-order chi connectivity index (χ1) is 16.2. The van der Waals surface area contributed by atoms with Gasteiger partial charge in [-0.05, 0) is 42.0 Å². The molecule has 0 fully saturated rings. The number of rotatable bonds is 6. The van der Waals surface area contributed by atoms with E-state index in [1.807, 2.05) is 0 Å². The summed E-state index contributed by atoms with van der Waals surface area (Å²) in [6.45, 7) is 0.108. The Bertz CT molecular complexity index is 1560.